The molecule has 4 rings (SSSR count). The van der Waals surface area contributed by atoms with Gasteiger partial charge in [-0.05, 0) is 54.8 Å². The summed E-state index contributed by atoms with van der Waals surface area (Å²) in [5.74, 6) is 1.65. The van der Waals surface area contributed by atoms with Gasteiger partial charge in [-0.3, -0.25) is 0 Å². The zero-order valence-corrected chi connectivity index (χ0v) is 31.2. The molecule has 0 amide bonds. The number of unbranched alkanes of at least 4 members (excludes halogenated alkanes) is 4. The summed E-state index contributed by atoms with van der Waals surface area (Å²) in [6.07, 6.45) is 8.63. The third-order valence-electron chi connectivity index (χ3n) is 8.76. The number of thiophene rings is 1. The molecule has 0 unspecified atom stereocenters. The van der Waals surface area contributed by atoms with Crippen molar-refractivity contribution in [2.24, 2.45) is 0 Å². The maximum atomic E-state index is 6.86. The lowest BCUT2D eigenvalue weighted by atomic mass is 9.93. The number of thioether (sulfide) groups is 1. The number of hydrogen-bond donors (Lipinski definition) is 0. The molecule has 0 saturated carbocycles. The standard InChI is InChI=1S/C39H58O6S2/c1-7-11-19-42-27-35-36(43-20-12-8-2)37(44-21-13-9-3)38(45-22-14-10-4)39(47-35)31-25-29(32(40-5)26-33(31)41-6)24-30-23-28-17-15-16-18-34(28)46-30/h15-18,23,25-26,35-39H,7-14,19-22,24,27H2,1-6H3/t35-,36-,37+,38-,39+/m1/s1. The lowest BCUT2D eigenvalue weighted by Crippen LogP contribution is -2.55. The highest BCUT2D eigenvalue weighted by molar-refractivity contribution is 8.00. The molecule has 3 aromatic rings. The zero-order chi connectivity index (χ0) is 33.4. The Bertz CT molecular complexity index is 1280. The Labute approximate surface area is 292 Å². The fourth-order valence-corrected chi connectivity index (χ4v) is 8.82. The second kappa shape index (κ2) is 20.6. The molecule has 1 aliphatic heterocycles. The van der Waals surface area contributed by atoms with Gasteiger partial charge in [-0.25, -0.2) is 0 Å². The first-order valence-electron chi connectivity index (χ1n) is 17.9. The van der Waals surface area contributed by atoms with E-state index in [1.807, 2.05) is 23.1 Å². The summed E-state index contributed by atoms with van der Waals surface area (Å²) in [7, 11) is 3.50. The summed E-state index contributed by atoms with van der Waals surface area (Å²) in [6, 6.07) is 15.2. The van der Waals surface area contributed by atoms with E-state index in [9.17, 15) is 0 Å². The Balaban J connectivity index is 1.77. The maximum Gasteiger partial charge on any atom is 0.126 e. The van der Waals surface area contributed by atoms with Gasteiger partial charge in [0.2, 0.25) is 0 Å². The van der Waals surface area contributed by atoms with Crippen molar-refractivity contribution in [1.82, 2.24) is 0 Å². The number of hydrogen-bond acceptors (Lipinski definition) is 8. The molecule has 1 saturated heterocycles. The maximum absolute atomic E-state index is 6.86. The number of ether oxygens (including phenoxy) is 6. The highest BCUT2D eigenvalue weighted by atomic mass is 32.2. The molecule has 0 aliphatic carbocycles. The van der Waals surface area contributed by atoms with Gasteiger partial charge in [-0.1, -0.05) is 71.6 Å². The van der Waals surface area contributed by atoms with E-state index in [1.54, 1.807) is 14.2 Å². The quantitative estimate of drug-likeness (QED) is 0.0976. The SMILES string of the molecule is CCCCOC[C@H]1S[C@@H](c2cc(Cc3cc4ccccc4s3)c(OC)cc2OC)[C@H](OCCCC)[C@@H](OCCCC)[C@@H]1OCCCC. The average Bonchev–Trinajstić information content (AvgIpc) is 3.50. The van der Waals surface area contributed by atoms with E-state index >= 15 is 0 Å². The van der Waals surface area contributed by atoms with Crippen molar-refractivity contribution in [2.75, 3.05) is 47.3 Å². The van der Waals surface area contributed by atoms with E-state index in [0.29, 0.717) is 26.4 Å². The number of methoxy groups -OCH3 is 2. The molecule has 0 radical (unpaired) electrons. The van der Waals surface area contributed by atoms with E-state index in [2.05, 4.69) is 70.2 Å². The van der Waals surface area contributed by atoms with Crippen LogP contribution in [-0.4, -0.2) is 70.8 Å². The van der Waals surface area contributed by atoms with Gasteiger partial charge in [0.1, 0.15) is 29.8 Å². The van der Waals surface area contributed by atoms with Crippen molar-refractivity contribution >= 4 is 33.2 Å². The summed E-state index contributed by atoms with van der Waals surface area (Å²) < 4.78 is 40.1. The average molecular weight is 687 g/mol. The van der Waals surface area contributed by atoms with Crippen molar-refractivity contribution < 1.29 is 28.4 Å². The van der Waals surface area contributed by atoms with E-state index in [4.69, 9.17) is 28.4 Å². The minimum absolute atomic E-state index is 0.0358. The van der Waals surface area contributed by atoms with Gasteiger partial charge in [-0.2, -0.15) is 0 Å². The molecule has 0 bridgehead atoms. The summed E-state index contributed by atoms with van der Waals surface area (Å²) >= 11 is 3.75. The minimum Gasteiger partial charge on any atom is -0.496 e. The molecule has 262 valence electrons. The molecular formula is C39H58O6S2. The summed E-state index contributed by atoms with van der Waals surface area (Å²) in [5, 5.41) is 1.33. The first-order valence-corrected chi connectivity index (χ1v) is 19.6. The normalized spacial score (nSPS) is 21.4. The Morgan fingerprint density at radius 1 is 0.660 bits per heavy atom. The van der Waals surface area contributed by atoms with Crippen LogP contribution in [0.15, 0.2) is 42.5 Å². The van der Waals surface area contributed by atoms with Crippen LogP contribution in [0.2, 0.25) is 0 Å². The van der Waals surface area contributed by atoms with Gasteiger partial charge in [0.25, 0.3) is 0 Å². The van der Waals surface area contributed by atoms with Crippen LogP contribution in [0, 0.1) is 0 Å². The van der Waals surface area contributed by atoms with Crippen molar-refractivity contribution in [1.29, 1.82) is 0 Å². The molecule has 8 heteroatoms. The molecule has 2 aromatic carbocycles. The Hall–Kier alpha value is -1.81. The second-order valence-corrected chi connectivity index (χ2v) is 15.0. The van der Waals surface area contributed by atoms with Crippen LogP contribution in [0.5, 0.6) is 11.5 Å². The Morgan fingerprint density at radius 2 is 1.28 bits per heavy atom. The lowest BCUT2D eigenvalue weighted by molar-refractivity contribution is -0.149. The topological polar surface area (TPSA) is 55.4 Å². The summed E-state index contributed by atoms with van der Waals surface area (Å²) in [6.45, 7) is 12.3. The summed E-state index contributed by atoms with van der Waals surface area (Å²) in [4.78, 5) is 1.31. The predicted molar refractivity (Wildman–Crippen MR) is 198 cm³/mol. The molecule has 2 heterocycles. The molecule has 1 fully saturated rings. The number of fused-ring (bicyclic) bond motifs is 1. The molecule has 47 heavy (non-hydrogen) atoms. The lowest BCUT2D eigenvalue weighted by Gasteiger charge is -2.46. The van der Waals surface area contributed by atoms with Crippen LogP contribution in [0.25, 0.3) is 10.1 Å². The molecule has 0 spiro atoms. The third-order valence-corrected chi connectivity index (χ3v) is 11.4. The minimum atomic E-state index is -0.223. The highest BCUT2D eigenvalue weighted by Gasteiger charge is 2.49. The Morgan fingerprint density at radius 3 is 1.91 bits per heavy atom. The number of benzene rings is 2. The molecule has 1 aromatic heterocycles. The van der Waals surface area contributed by atoms with E-state index < -0.39 is 0 Å². The fourth-order valence-electron chi connectivity index (χ4n) is 6.07. The monoisotopic (exact) mass is 686 g/mol. The van der Waals surface area contributed by atoms with Crippen LogP contribution in [-0.2, 0) is 25.4 Å². The smallest absolute Gasteiger partial charge is 0.126 e. The van der Waals surface area contributed by atoms with E-state index in [-0.39, 0.29) is 28.8 Å². The first kappa shape index (κ1) is 38.0. The highest BCUT2D eigenvalue weighted by Crippen LogP contribution is 2.50. The van der Waals surface area contributed by atoms with Gasteiger partial charge in [0, 0.05) is 54.1 Å². The van der Waals surface area contributed by atoms with Crippen molar-refractivity contribution in [3.05, 3.63) is 58.5 Å². The Kier molecular flexibility index (Phi) is 16.7. The number of rotatable bonds is 22. The first-order chi connectivity index (χ1) is 23.1. The van der Waals surface area contributed by atoms with Gasteiger partial charge < -0.3 is 28.4 Å². The second-order valence-electron chi connectivity index (χ2n) is 12.4. The van der Waals surface area contributed by atoms with Crippen molar-refractivity contribution in [3.63, 3.8) is 0 Å². The van der Waals surface area contributed by atoms with Crippen LogP contribution < -0.4 is 9.47 Å². The molecule has 6 nitrogen and oxygen atoms in total. The van der Waals surface area contributed by atoms with Gasteiger partial charge >= 0.3 is 0 Å². The molecule has 0 N–H and O–H groups in total. The molecular weight excluding hydrogens is 629 g/mol. The van der Waals surface area contributed by atoms with Gasteiger partial charge in [0.05, 0.1) is 31.3 Å². The predicted octanol–water partition coefficient (Wildman–Crippen LogP) is 10.0. The molecule has 1 aliphatic rings. The van der Waals surface area contributed by atoms with Gasteiger partial charge in [0.15, 0.2) is 0 Å². The van der Waals surface area contributed by atoms with Crippen LogP contribution in [0.4, 0.5) is 0 Å². The van der Waals surface area contributed by atoms with Crippen molar-refractivity contribution in [3.8, 4) is 11.5 Å². The largest absolute Gasteiger partial charge is 0.496 e. The van der Waals surface area contributed by atoms with Crippen molar-refractivity contribution in [2.45, 2.75) is 114 Å². The van der Waals surface area contributed by atoms with E-state index in [1.165, 1.54) is 15.0 Å². The zero-order valence-electron chi connectivity index (χ0n) is 29.6. The fraction of sp³-hybridized carbons (Fsp3) is 0.641. The van der Waals surface area contributed by atoms with E-state index in [0.717, 1.165) is 87.0 Å². The molecule has 5 atom stereocenters. The third kappa shape index (κ3) is 10.6. The van der Waals surface area contributed by atoms with Crippen LogP contribution >= 0.6 is 23.1 Å². The van der Waals surface area contributed by atoms with Crippen LogP contribution in [0.3, 0.4) is 0 Å². The summed E-state index contributed by atoms with van der Waals surface area (Å²) in [5.41, 5.74) is 2.26. The van der Waals surface area contributed by atoms with Gasteiger partial charge in [-0.15, -0.1) is 23.1 Å². The van der Waals surface area contributed by atoms with Crippen LogP contribution in [0.1, 0.15) is 100 Å².